The molecule has 178 valence electrons. The van der Waals surface area contributed by atoms with Gasteiger partial charge in [0.15, 0.2) is 0 Å². The van der Waals surface area contributed by atoms with Crippen LogP contribution in [0.25, 0.3) is 0 Å². The third kappa shape index (κ3) is 6.78. The highest BCUT2D eigenvalue weighted by Crippen LogP contribution is 2.27. The number of hydrogen-bond donors (Lipinski definition) is 2. The molecule has 3 rings (SSSR count). The fourth-order valence-electron chi connectivity index (χ4n) is 4.71. The number of carbonyl (C=O) groups excluding carboxylic acids is 2. The minimum atomic E-state index is -3.05. The Hall–Kier alpha value is -1.93. The highest BCUT2D eigenvalue weighted by atomic mass is 32.2. The standard InChI is InChI=1S/C24H37N3O4S/c1-2-3-14-25-23(28)21(19-12-17-32(30,31)18-13-19)26-24(29)22(20-10-6-4-7-11-20)27-15-8-5-9-16-27/h4,6-7,10-11,19,21-22H,2-3,5,8-9,12-18H2,1H3,(H,25,28)(H,26,29). The van der Waals surface area contributed by atoms with Crippen LogP contribution >= 0.6 is 0 Å². The number of unbranched alkanes of at least 4 members (excludes halogenated alkanes) is 1. The Morgan fingerprint density at radius 3 is 2.31 bits per heavy atom. The molecular formula is C24H37N3O4S. The van der Waals surface area contributed by atoms with Crippen molar-refractivity contribution < 1.29 is 18.0 Å². The topological polar surface area (TPSA) is 95.6 Å². The number of carbonyl (C=O) groups is 2. The number of nitrogens with one attached hydrogen (secondary N) is 2. The van der Waals surface area contributed by atoms with Crippen molar-refractivity contribution in [2.75, 3.05) is 31.1 Å². The number of amides is 2. The number of sulfone groups is 1. The van der Waals surface area contributed by atoms with Crippen LogP contribution in [0.15, 0.2) is 30.3 Å². The summed E-state index contributed by atoms with van der Waals surface area (Å²) >= 11 is 0. The number of hydrogen-bond acceptors (Lipinski definition) is 5. The van der Waals surface area contributed by atoms with E-state index in [9.17, 15) is 18.0 Å². The van der Waals surface area contributed by atoms with Crippen molar-refractivity contribution in [3.8, 4) is 0 Å². The molecule has 2 unspecified atom stereocenters. The minimum Gasteiger partial charge on any atom is -0.354 e. The summed E-state index contributed by atoms with van der Waals surface area (Å²) in [5.41, 5.74) is 0.920. The molecule has 2 amide bonds. The lowest BCUT2D eigenvalue weighted by Crippen LogP contribution is -2.55. The second-order valence-electron chi connectivity index (χ2n) is 9.03. The predicted molar refractivity (Wildman–Crippen MR) is 126 cm³/mol. The summed E-state index contributed by atoms with van der Waals surface area (Å²) in [4.78, 5) is 28.9. The lowest BCUT2D eigenvalue weighted by Gasteiger charge is -2.36. The Morgan fingerprint density at radius 1 is 1.03 bits per heavy atom. The smallest absolute Gasteiger partial charge is 0.242 e. The van der Waals surface area contributed by atoms with E-state index >= 15 is 0 Å². The molecule has 1 aromatic rings. The molecule has 8 heteroatoms. The van der Waals surface area contributed by atoms with Crippen LogP contribution in [0.1, 0.15) is 63.5 Å². The summed E-state index contributed by atoms with van der Waals surface area (Å²) in [6.07, 6.45) is 5.90. The average molecular weight is 464 g/mol. The van der Waals surface area contributed by atoms with Crippen molar-refractivity contribution in [1.82, 2.24) is 15.5 Å². The molecule has 0 saturated carbocycles. The Bertz CT molecular complexity index is 839. The van der Waals surface area contributed by atoms with Crippen molar-refractivity contribution in [2.24, 2.45) is 5.92 Å². The van der Waals surface area contributed by atoms with E-state index in [-0.39, 0.29) is 29.2 Å². The van der Waals surface area contributed by atoms with Gasteiger partial charge in [0.2, 0.25) is 11.8 Å². The van der Waals surface area contributed by atoms with E-state index in [0.717, 1.165) is 44.3 Å². The highest BCUT2D eigenvalue weighted by molar-refractivity contribution is 7.91. The summed E-state index contributed by atoms with van der Waals surface area (Å²) in [5, 5.41) is 6.00. The molecule has 2 saturated heterocycles. The zero-order valence-corrected chi connectivity index (χ0v) is 19.9. The first kappa shape index (κ1) is 24.7. The van der Waals surface area contributed by atoms with Gasteiger partial charge in [0.1, 0.15) is 21.9 Å². The van der Waals surface area contributed by atoms with Gasteiger partial charge in [-0.05, 0) is 56.7 Å². The van der Waals surface area contributed by atoms with Gasteiger partial charge < -0.3 is 10.6 Å². The van der Waals surface area contributed by atoms with E-state index in [4.69, 9.17) is 0 Å². The molecule has 2 aliphatic rings. The first-order valence-electron chi connectivity index (χ1n) is 12.0. The Labute approximate surface area is 192 Å². The quantitative estimate of drug-likeness (QED) is 0.549. The summed E-state index contributed by atoms with van der Waals surface area (Å²) < 4.78 is 23.9. The predicted octanol–water partition coefficient (Wildman–Crippen LogP) is 2.44. The van der Waals surface area contributed by atoms with Crippen molar-refractivity contribution in [2.45, 2.75) is 64.0 Å². The third-order valence-electron chi connectivity index (χ3n) is 6.60. The fraction of sp³-hybridized carbons (Fsp3) is 0.667. The monoisotopic (exact) mass is 463 g/mol. The molecule has 2 fully saturated rings. The van der Waals surface area contributed by atoms with Gasteiger partial charge in [0, 0.05) is 6.54 Å². The number of likely N-dealkylation sites (tertiary alicyclic amines) is 1. The normalized spacial score (nSPS) is 21.4. The zero-order chi connectivity index (χ0) is 23.0. The van der Waals surface area contributed by atoms with Gasteiger partial charge in [0.25, 0.3) is 0 Å². The van der Waals surface area contributed by atoms with Crippen molar-refractivity contribution in [1.29, 1.82) is 0 Å². The Balaban J connectivity index is 1.79. The van der Waals surface area contributed by atoms with Gasteiger partial charge in [-0.3, -0.25) is 14.5 Å². The number of benzene rings is 1. The maximum atomic E-state index is 13.6. The zero-order valence-electron chi connectivity index (χ0n) is 19.1. The average Bonchev–Trinajstić information content (AvgIpc) is 2.79. The molecule has 1 aromatic carbocycles. The van der Waals surface area contributed by atoms with Crippen LogP contribution in [0.5, 0.6) is 0 Å². The molecule has 0 radical (unpaired) electrons. The molecule has 7 nitrogen and oxygen atoms in total. The van der Waals surface area contributed by atoms with Gasteiger partial charge in [0.05, 0.1) is 11.5 Å². The van der Waals surface area contributed by atoms with E-state index in [1.165, 1.54) is 6.42 Å². The molecule has 32 heavy (non-hydrogen) atoms. The molecule has 0 aromatic heterocycles. The summed E-state index contributed by atoms with van der Waals surface area (Å²) in [6, 6.07) is 8.55. The lowest BCUT2D eigenvalue weighted by atomic mass is 9.92. The molecule has 2 N–H and O–H groups in total. The Morgan fingerprint density at radius 2 is 1.69 bits per heavy atom. The van der Waals surface area contributed by atoms with Crippen LogP contribution in [0.2, 0.25) is 0 Å². The fourth-order valence-corrected chi connectivity index (χ4v) is 6.24. The highest BCUT2D eigenvalue weighted by Gasteiger charge is 2.37. The molecular weight excluding hydrogens is 426 g/mol. The summed E-state index contributed by atoms with van der Waals surface area (Å²) in [7, 11) is -3.05. The van der Waals surface area contributed by atoms with Gasteiger partial charge in [-0.1, -0.05) is 50.1 Å². The van der Waals surface area contributed by atoms with Crippen LogP contribution in [0.4, 0.5) is 0 Å². The maximum Gasteiger partial charge on any atom is 0.242 e. The van der Waals surface area contributed by atoms with E-state index in [1.54, 1.807) is 0 Å². The number of rotatable bonds is 9. The SMILES string of the molecule is CCCCNC(=O)C(NC(=O)C(c1ccccc1)N1CCCCC1)C1CCS(=O)(=O)CC1. The van der Waals surface area contributed by atoms with Crippen LogP contribution in [-0.4, -0.2) is 62.3 Å². The van der Waals surface area contributed by atoms with Crippen molar-refractivity contribution >= 4 is 21.7 Å². The van der Waals surface area contributed by atoms with E-state index in [0.29, 0.717) is 19.4 Å². The van der Waals surface area contributed by atoms with Gasteiger partial charge in [-0.2, -0.15) is 0 Å². The summed E-state index contributed by atoms with van der Waals surface area (Å²) in [5.74, 6) is -0.424. The molecule has 2 atom stereocenters. The van der Waals surface area contributed by atoms with Gasteiger partial charge in [-0.15, -0.1) is 0 Å². The van der Waals surface area contributed by atoms with E-state index in [1.807, 2.05) is 30.3 Å². The van der Waals surface area contributed by atoms with Crippen LogP contribution in [0, 0.1) is 5.92 Å². The lowest BCUT2D eigenvalue weighted by molar-refractivity contribution is -0.133. The minimum absolute atomic E-state index is 0.0700. The molecule has 0 spiro atoms. The first-order chi connectivity index (χ1) is 15.4. The maximum absolute atomic E-state index is 13.6. The van der Waals surface area contributed by atoms with Crippen LogP contribution in [-0.2, 0) is 19.4 Å². The third-order valence-corrected chi connectivity index (χ3v) is 8.32. The molecule has 0 bridgehead atoms. The molecule has 2 aliphatic heterocycles. The second kappa shape index (κ2) is 11.8. The van der Waals surface area contributed by atoms with E-state index in [2.05, 4.69) is 22.5 Å². The molecule has 0 aliphatic carbocycles. The van der Waals surface area contributed by atoms with E-state index < -0.39 is 21.9 Å². The Kier molecular flexibility index (Phi) is 9.11. The van der Waals surface area contributed by atoms with Gasteiger partial charge >= 0.3 is 0 Å². The summed E-state index contributed by atoms with van der Waals surface area (Å²) in [6.45, 7) is 4.31. The molecule has 2 heterocycles. The number of nitrogens with zero attached hydrogens (tertiary/aromatic N) is 1. The van der Waals surface area contributed by atoms with Gasteiger partial charge in [-0.25, -0.2) is 8.42 Å². The van der Waals surface area contributed by atoms with Crippen LogP contribution in [0.3, 0.4) is 0 Å². The van der Waals surface area contributed by atoms with Crippen molar-refractivity contribution in [3.05, 3.63) is 35.9 Å². The van der Waals surface area contributed by atoms with Crippen molar-refractivity contribution in [3.63, 3.8) is 0 Å². The largest absolute Gasteiger partial charge is 0.354 e. The second-order valence-corrected chi connectivity index (χ2v) is 11.3. The number of piperidine rings is 1. The van der Waals surface area contributed by atoms with Crippen LogP contribution < -0.4 is 10.6 Å². The first-order valence-corrected chi connectivity index (χ1v) is 13.8.